The zero-order valence-corrected chi connectivity index (χ0v) is 12.8. The van der Waals surface area contributed by atoms with Crippen LogP contribution in [0, 0.1) is 5.92 Å². The number of carbonyl (C=O) groups excluding carboxylic acids is 3. The first-order chi connectivity index (χ1) is 11.0. The second-order valence-electron chi connectivity index (χ2n) is 6.26. The number of hydrogen-bond acceptors (Lipinski definition) is 8. The first-order valence-corrected chi connectivity index (χ1v) is 7.43. The molecule has 0 amide bonds. The van der Waals surface area contributed by atoms with Gasteiger partial charge in [-0.1, -0.05) is 0 Å². The molecule has 0 saturated carbocycles. The fraction of sp³-hybridized carbons (Fsp3) is 0.533. The van der Waals surface area contributed by atoms with Gasteiger partial charge in [0.05, 0.1) is 23.4 Å². The van der Waals surface area contributed by atoms with Gasteiger partial charge in [-0.25, -0.2) is 0 Å². The summed E-state index contributed by atoms with van der Waals surface area (Å²) in [4.78, 5) is 38.0. The summed E-state index contributed by atoms with van der Waals surface area (Å²) in [6, 6.07) is 0.190. The number of nitrogens with zero attached hydrogens (tertiary/aromatic N) is 1. The van der Waals surface area contributed by atoms with E-state index in [2.05, 4.69) is 5.32 Å². The van der Waals surface area contributed by atoms with Crippen LogP contribution < -0.4 is 11.1 Å². The molecule has 122 valence electrons. The van der Waals surface area contributed by atoms with Crippen molar-refractivity contribution in [2.45, 2.75) is 24.7 Å². The highest BCUT2D eigenvalue weighted by molar-refractivity contribution is 6.25. The number of allylic oxidation sites excluding steroid dienone is 2. The molecule has 3 N–H and O–H groups in total. The van der Waals surface area contributed by atoms with E-state index in [1.807, 2.05) is 4.90 Å². The van der Waals surface area contributed by atoms with Gasteiger partial charge in [0, 0.05) is 30.8 Å². The van der Waals surface area contributed by atoms with Gasteiger partial charge < -0.3 is 25.4 Å². The zero-order valence-electron chi connectivity index (χ0n) is 12.8. The summed E-state index contributed by atoms with van der Waals surface area (Å²) in [5.74, 6) is -1.19. The van der Waals surface area contributed by atoms with Crippen molar-refractivity contribution in [3.63, 3.8) is 0 Å². The Hall–Kier alpha value is -2.19. The number of methoxy groups -OCH3 is 1. The van der Waals surface area contributed by atoms with E-state index < -0.39 is 11.6 Å². The average Bonchev–Trinajstić information content (AvgIpc) is 3.16. The van der Waals surface area contributed by atoms with Crippen molar-refractivity contribution in [2.75, 3.05) is 20.3 Å². The Kier molecular flexibility index (Phi) is 2.77. The molecule has 3 aliphatic heterocycles. The van der Waals surface area contributed by atoms with Gasteiger partial charge in [-0.3, -0.25) is 14.4 Å². The molecule has 4 aliphatic rings. The molecule has 0 spiro atoms. The second kappa shape index (κ2) is 4.42. The molecule has 0 aromatic heterocycles. The van der Waals surface area contributed by atoms with Gasteiger partial charge in [0.15, 0.2) is 5.72 Å². The van der Waals surface area contributed by atoms with Crippen molar-refractivity contribution < 1.29 is 23.9 Å². The van der Waals surface area contributed by atoms with E-state index in [4.69, 9.17) is 15.2 Å². The Labute approximate surface area is 132 Å². The van der Waals surface area contributed by atoms with Crippen LogP contribution in [0.25, 0.3) is 0 Å². The second-order valence-corrected chi connectivity index (χ2v) is 6.26. The van der Waals surface area contributed by atoms with Gasteiger partial charge in [0.2, 0.25) is 11.6 Å². The molecule has 0 unspecified atom stereocenters. The van der Waals surface area contributed by atoms with Crippen LogP contribution >= 0.6 is 0 Å². The molecule has 4 atom stereocenters. The maximum atomic E-state index is 12.7. The van der Waals surface area contributed by atoms with Gasteiger partial charge in [0.25, 0.3) is 6.47 Å². The predicted molar refractivity (Wildman–Crippen MR) is 76.6 cm³/mol. The van der Waals surface area contributed by atoms with E-state index >= 15 is 0 Å². The zero-order chi connectivity index (χ0) is 16.5. The van der Waals surface area contributed by atoms with Crippen LogP contribution in [0.15, 0.2) is 22.5 Å². The highest BCUT2D eigenvalue weighted by Gasteiger charge is 2.72. The summed E-state index contributed by atoms with van der Waals surface area (Å²) < 4.78 is 10.8. The quantitative estimate of drug-likeness (QED) is 0.362. The number of carbonyl (C=O) groups is 3. The minimum absolute atomic E-state index is 0.0134. The summed E-state index contributed by atoms with van der Waals surface area (Å²) in [6.07, 6.45) is 0. The van der Waals surface area contributed by atoms with Crippen LogP contribution in [-0.4, -0.2) is 61.0 Å². The Morgan fingerprint density at radius 1 is 1.43 bits per heavy atom. The van der Waals surface area contributed by atoms with Crippen molar-refractivity contribution in [3.05, 3.63) is 22.5 Å². The maximum absolute atomic E-state index is 12.7. The standard InChI is InChI=1S/C15H17N3O5/c1-6-10(16)13(21)9-7(4-23-5-19)15(22-2)14-8(17-14)3-18(15)11(9)12(6)20/h5,7-8,14,17H,3-4,16H2,1-2H3/t7-,8+,14+,15-/m1/s1. The summed E-state index contributed by atoms with van der Waals surface area (Å²) >= 11 is 0. The minimum Gasteiger partial charge on any atom is -0.467 e. The normalized spacial score (nSPS) is 37.8. The molecule has 8 heteroatoms. The van der Waals surface area contributed by atoms with E-state index in [0.717, 1.165) is 0 Å². The number of fused-ring (bicyclic) bond motifs is 4. The van der Waals surface area contributed by atoms with Gasteiger partial charge >= 0.3 is 0 Å². The molecule has 4 rings (SSSR count). The Balaban J connectivity index is 1.87. The third kappa shape index (κ3) is 1.50. The molecule has 8 nitrogen and oxygen atoms in total. The number of rotatable bonds is 4. The van der Waals surface area contributed by atoms with Crippen molar-refractivity contribution in [1.29, 1.82) is 0 Å². The lowest BCUT2D eigenvalue weighted by atomic mass is 9.82. The van der Waals surface area contributed by atoms with E-state index in [1.165, 1.54) is 0 Å². The largest absolute Gasteiger partial charge is 0.467 e. The Morgan fingerprint density at radius 2 is 2.17 bits per heavy atom. The van der Waals surface area contributed by atoms with Crippen molar-refractivity contribution in [2.24, 2.45) is 11.7 Å². The fourth-order valence-corrected chi connectivity index (χ4v) is 4.28. The Morgan fingerprint density at radius 3 is 2.83 bits per heavy atom. The maximum Gasteiger partial charge on any atom is 0.293 e. The molecule has 0 bridgehead atoms. The first-order valence-electron chi connectivity index (χ1n) is 7.43. The SMILES string of the molecule is CO[C@@]12[C@H](COC=O)C3=C(C(=O)C(C)=C(N)C3=O)N1C[C@@H]1N[C@@H]12. The lowest BCUT2D eigenvalue weighted by Crippen LogP contribution is -2.55. The Bertz CT molecular complexity index is 712. The van der Waals surface area contributed by atoms with E-state index in [1.54, 1.807) is 14.0 Å². The van der Waals surface area contributed by atoms with Crippen molar-refractivity contribution >= 4 is 18.0 Å². The van der Waals surface area contributed by atoms with Crippen LogP contribution in [0.5, 0.6) is 0 Å². The van der Waals surface area contributed by atoms with Gasteiger partial charge in [0.1, 0.15) is 6.61 Å². The van der Waals surface area contributed by atoms with E-state index in [-0.39, 0.29) is 41.5 Å². The van der Waals surface area contributed by atoms with Crippen LogP contribution in [-0.2, 0) is 23.9 Å². The summed E-state index contributed by atoms with van der Waals surface area (Å²) in [6.45, 7) is 2.42. The van der Waals surface area contributed by atoms with Gasteiger partial charge in [-0.15, -0.1) is 0 Å². The predicted octanol–water partition coefficient (Wildman–Crippen LogP) is -1.57. The molecular weight excluding hydrogens is 302 g/mol. The lowest BCUT2D eigenvalue weighted by molar-refractivity contribution is -0.149. The molecule has 2 saturated heterocycles. The molecule has 3 heterocycles. The number of ketones is 2. The van der Waals surface area contributed by atoms with Crippen molar-refractivity contribution in [1.82, 2.24) is 10.2 Å². The minimum atomic E-state index is -0.894. The molecule has 2 fully saturated rings. The third-order valence-electron chi connectivity index (χ3n) is 5.41. The van der Waals surface area contributed by atoms with Gasteiger partial charge in [-0.05, 0) is 6.92 Å². The van der Waals surface area contributed by atoms with Crippen LogP contribution in [0.3, 0.4) is 0 Å². The van der Waals surface area contributed by atoms with E-state index in [9.17, 15) is 14.4 Å². The molecule has 0 radical (unpaired) electrons. The monoisotopic (exact) mass is 319 g/mol. The van der Waals surface area contributed by atoms with Crippen molar-refractivity contribution in [3.8, 4) is 0 Å². The van der Waals surface area contributed by atoms with Crippen LogP contribution in [0.2, 0.25) is 0 Å². The average molecular weight is 319 g/mol. The number of hydrogen-bond donors (Lipinski definition) is 2. The lowest BCUT2D eigenvalue weighted by Gasteiger charge is -2.39. The third-order valence-corrected chi connectivity index (χ3v) is 5.41. The summed E-state index contributed by atoms with van der Waals surface area (Å²) in [5, 5.41) is 3.29. The van der Waals surface area contributed by atoms with E-state index in [0.29, 0.717) is 24.3 Å². The number of piperazine rings is 1. The first kappa shape index (κ1) is 14.4. The number of ether oxygens (including phenoxy) is 2. The van der Waals surface area contributed by atoms with Crippen LogP contribution in [0.4, 0.5) is 0 Å². The topological polar surface area (TPSA) is 121 Å². The van der Waals surface area contributed by atoms with Gasteiger partial charge in [-0.2, -0.15) is 0 Å². The smallest absolute Gasteiger partial charge is 0.293 e. The fourth-order valence-electron chi connectivity index (χ4n) is 4.28. The summed E-state index contributed by atoms with van der Waals surface area (Å²) in [7, 11) is 1.54. The molecule has 23 heavy (non-hydrogen) atoms. The van der Waals surface area contributed by atoms with Crippen LogP contribution in [0.1, 0.15) is 6.92 Å². The molecular formula is C15H17N3O5. The number of nitrogens with two attached hydrogens (primary N) is 1. The molecule has 0 aromatic carbocycles. The highest BCUT2D eigenvalue weighted by atomic mass is 16.5. The number of Topliss-reactive ketones (excluding diaryl/α,β-unsaturated/α-hetero) is 2. The highest BCUT2D eigenvalue weighted by Crippen LogP contribution is 2.55. The summed E-state index contributed by atoms with van der Waals surface area (Å²) in [5.41, 5.74) is 5.79. The molecule has 0 aromatic rings. The number of nitrogens with one attached hydrogen (secondary N) is 1. The molecule has 1 aliphatic carbocycles.